The van der Waals surface area contributed by atoms with Crippen molar-refractivity contribution in [1.29, 1.82) is 0 Å². The van der Waals surface area contributed by atoms with Gasteiger partial charge in [-0.05, 0) is 43.5 Å². The van der Waals surface area contributed by atoms with E-state index >= 15 is 0 Å². The minimum absolute atomic E-state index is 0.411. The lowest BCUT2D eigenvalue weighted by Gasteiger charge is -2.05. The third kappa shape index (κ3) is 2.01. The van der Waals surface area contributed by atoms with E-state index in [4.69, 9.17) is 0 Å². The van der Waals surface area contributed by atoms with Crippen molar-refractivity contribution in [3.05, 3.63) is 35.0 Å². The number of rotatable bonds is 4. The molecule has 1 N–H and O–H groups in total. The molecule has 0 fully saturated rings. The van der Waals surface area contributed by atoms with Crippen molar-refractivity contribution in [1.82, 2.24) is 4.57 Å². The quantitative estimate of drug-likeness (QED) is 0.893. The Kier molecular flexibility index (Phi) is 3.41. The predicted molar refractivity (Wildman–Crippen MR) is 73.3 cm³/mol. The van der Waals surface area contributed by atoms with Gasteiger partial charge in [-0.15, -0.1) is 0 Å². The Hall–Kier alpha value is -1.77. The topological polar surface area (TPSA) is 42.2 Å². The minimum atomic E-state index is -0.846. The summed E-state index contributed by atoms with van der Waals surface area (Å²) >= 11 is 0. The summed E-state index contributed by atoms with van der Waals surface area (Å²) < 4.78 is 2.19. The zero-order valence-corrected chi connectivity index (χ0v) is 11.2. The predicted octanol–water partition coefficient (Wildman–Crippen LogP) is 3.62. The Labute approximate surface area is 107 Å². The molecule has 0 atom stereocenters. The second kappa shape index (κ2) is 4.84. The van der Waals surface area contributed by atoms with Gasteiger partial charge in [-0.3, -0.25) is 0 Å². The van der Waals surface area contributed by atoms with Crippen LogP contribution in [0.4, 0.5) is 0 Å². The monoisotopic (exact) mass is 245 g/mol. The van der Waals surface area contributed by atoms with Gasteiger partial charge in [0.25, 0.3) is 0 Å². The third-order valence-corrected chi connectivity index (χ3v) is 3.40. The second-order valence-electron chi connectivity index (χ2n) is 4.68. The fraction of sp³-hybridized carbons (Fsp3) is 0.400. The number of nitrogens with zero attached hydrogens (tertiary/aromatic N) is 1. The molecule has 3 nitrogen and oxygen atoms in total. The van der Waals surface area contributed by atoms with Gasteiger partial charge >= 0.3 is 5.97 Å². The zero-order valence-electron chi connectivity index (χ0n) is 11.2. The van der Waals surface area contributed by atoms with Crippen molar-refractivity contribution < 1.29 is 9.90 Å². The summed E-state index contributed by atoms with van der Waals surface area (Å²) in [4.78, 5) is 11.2. The highest BCUT2D eigenvalue weighted by atomic mass is 16.4. The average molecular weight is 245 g/mol. The maximum Gasteiger partial charge on any atom is 0.335 e. The number of hydrogen-bond donors (Lipinski definition) is 1. The largest absolute Gasteiger partial charge is 0.478 e. The highest BCUT2D eigenvalue weighted by molar-refractivity contribution is 5.96. The van der Waals surface area contributed by atoms with Crippen LogP contribution in [0, 0.1) is 6.92 Å². The lowest BCUT2D eigenvalue weighted by Crippen LogP contribution is -2.00. The van der Waals surface area contributed by atoms with E-state index in [2.05, 4.69) is 24.6 Å². The molecule has 0 aliphatic rings. The SMILES string of the molecule is CCCc1cn(CC)c2cc(C)c(C(=O)O)cc12. The Morgan fingerprint density at radius 1 is 1.33 bits per heavy atom. The van der Waals surface area contributed by atoms with Crippen LogP contribution in [0.5, 0.6) is 0 Å². The molecule has 0 aliphatic carbocycles. The molecule has 0 spiro atoms. The molecule has 0 radical (unpaired) electrons. The molecular formula is C15H19NO2. The first-order chi connectivity index (χ1) is 8.58. The highest BCUT2D eigenvalue weighted by Gasteiger charge is 2.13. The van der Waals surface area contributed by atoms with Crippen molar-refractivity contribution in [2.24, 2.45) is 0 Å². The van der Waals surface area contributed by atoms with Crippen LogP contribution in [0.15, 0.2) is 18.3 Å². The van der Waals surface area contributed by atoms with Gasteiger partial charge in [-0.25, -0.2) is 4.79 Å². The Bertz CT molecular complexity index is 596. The number of carboxylic acid groups (broad SMARTS) is 1. The number of aromatic carboxylic acids is 1. The first kappa shape index (κ1) is 12.7. The molecule has 1 heterocycles. The number of hydrogen-bond acceptors (Lipinski definition) is 1. The molecule has 0 amide bonds. The van der Waals surface area contributed by atoms with Gasteiger partial charge in [0.05, 0.1) is 5.56 Å². The summed E-state index contributed by atoms with van der Waals surface area (Å²) in [6.07, 6.45) is 4.21. The number of carboxylic acids is 1. The van der Waals surface area contributed by atoms with E-state index in [-0.39, 0.29) is 0 Å². The van der Waals surface area contributed by atoms with Crippen LogP contribution in [-0.2, 0) is 13.0 Å². The van der Waals surface area contributed by atoms with Gasteiger partial charge in [0.1, 0.15) is 0 Å². The Balaban J connectivity index is 2.72. The first-order valence-electron chi connectivity index (χ1n) is 6.44. The highest BCUT2D eigenvalue weighted by Crippen LogP contribution is 2.26. The summed E-state index contributed by atoms with van der Waals surface area (Å²) in [6, 6.07) is 3.81. The maximum atomic E-state index is 11.2. The van der Waals surface area contributed by atoms with Crippen molar-refractivity contribution in [3.63, 3.8) is 0 Å². The molecule has 2 aromatic rings. The van der Waals surface area contributed by atoms with Gasteiger partial charge < -0.3 is 9.67 Å². The van der Waals surface area contributed by atoms with E-state index in [1.807, 2.05) is 19.1 Å². The van der Waals surface area contributed by atoms with Gasteiger partial charge in [0.15, 0.2) is 0 Å². The third-order valence-electron chi connectivity index (χ3n) is 3.40. The lowest BCUT2D eigenvalue weighted by atomic mass is 10.0. The minimum Gasteiger partial charge on any atom is -0.478 e. The van der Waals surface area contributed by atoms with Gasteiger partial charge in [0.2, 0.25) is 0 Å². The zero-order chi connectivity index (χ0) is 13.3. The molecule has 0 saturated carbocycles. The van der Waals surface area contributed by atoms with Crippen LogP contribution in [0.2, 0.25) is 0 Å². The molecule has 0 unspecified atom stereocenters. The molecule has 3 heteroatoms. The smallest absolute Gasteiger partial charge is 0.335 e. The molecule has 0 bridgehead atoms. The fourth-order valence-corrected chi connectivity index (χ4v) is 2.48. The number of aromatic nitrogens is 1. The lowest BCUT2D eigenvalue weighted by molar-refractivity contribution is 0.0696. The Morgan fingerprint density at radius 2 is 2.06 bits per heavy atom. The number of benzene rings is 1. The Morgan fingerprint density at radius 3 is 2.61 bits per heavy atom. The van der Waals surface area contributed by atoms with Gasteiger partial charge in [-0.1, -0.05) is 13.3 Å². The van der Waals surface area contributed by atoms with Crippen LogP contribution in [0.1, 0.15) is 41.8 Å². The van der Waals surface area contributed by atoms with Gasteiger partial charge in [0, 0.05) is 23.6 Å². The number of carbonyl (C=O) groups is 1. The fourth-order valence-electron chi connectivity index (χ4n) is 2.48. The summed E-state index contributed by atoms with van der Waals surface area (Å²) in [7, 11) is 0. The molecule has 2 rings (SSSR count). The van der Waals surface area contributed by atoms with Gasteiger partial charge in [-0.2, -0.15) is 0 Å². The van der Waals surface area contributed by atoms with Crippen molar-refractivity contribution in [2.45, 2.75) is 40.2 Å². The summed E-state index contributed by atoms with van der Waals surface area (Å²) in [5.74, 6) is -0.846. The van der Waals surface area contributed by atoms with Crippen LogP contribution in [-0.4, -0.2) is 15.6 Å². The van der Waals surface area contributed by atoms with Crippen LogP contribution >= 0.6 is 0 Å². The maximum absolute atomic E-state index is 11.2. The van der Waals surface area contributed by atoms with Crippen molar-refractivity contribution >= 4 is 16.9 Å². The summed E-state index contributed by atoms with van der Waals surface area (Å²) in [6.45, 7) is 7.01. The summed E-state index contributed by atoms with van der Waals surface area (Å²) in [5, 5.41) is 10.3. The average Bonchev–Trinajstić information content (AvgIpc) is 2.66. The van der Waals surface area contributed by atoms with E-state index < -0.39 is 5.97 Å². The van der Waals surface area contributed by atoms with Crippen LogP contribution in [0.3, 0.4) is 0 Å². The standard InChI is InChI=1S/C15H19NO2/c1-4-6-11-9-16(5-2)14-7-10(3)12(15(17)18)8-13(11)14/h7-9H,4-6H2,1-3H3,(H,17,18). The van der Waals surface area contributed by atoms with E-state index in [0.29, 0.717) is 5.56 Å². The van der Waals surface area contributed by atoms with Crippen LogP contribution in [0.25, 0.3) is 10.9 Å². The molecule has 1 aromatic heterocycles. The second-order valence-corrected chi connectivity index (χ2v) is 4.68. The van der Waals surface area contributed by atoms with Crippen molar-refractivity contribution in [3.8, 4) is 0 Å². The normalized spacial score (nSPS) is 11.1. The van der Waals surface area contributed by atoms with Crippen molar-refractivity contribution in [2.75, 3.05) is 0 Å². The molecule has 18 heavy (non-hydrogen) atoms. The number of aryl methyl sites for hydroxylation is 3. The molecule has 96 valence electrons. The molecular weight excluding hydrogens is 226 g/mol. The van der Waals surface area contributed by atoms with E-state index in [1.165, 1.54) is 5.56 Å². The molecule has 0 aliphatic heterocycles. The van der Waals surface area contributed by atoms with E-state index in [0.717, 1.165) is 35.9 Å². The number of fused-ring (bicyclic) bond motifs is 1. The first-order valence-corrected chi connectivity index (χ1v) is 6.44. The summed E-state index contributed by atoms with van der Waals surface area (Å²) in [5.41, 5.74) is 3.62. The van der Waals surface area contributed by atoms with E-state index in [1.54, 1.807) is 0 Å². The van der Waals surface area contributed by atoms with Crippen LogP contribution < -0.4 is 0 Å². The molecule has 0 saturated heterocycles. The molecule has 1 aromatic carbocycles. The van der Waals surface area contributed by atoms with E-state index in [9.17, 15) is 9.90 Å².